The maximum atomic E-state index is 11.2. The van der Waals surface area contributed by atoms with Crippen molar-refractivity contribution in [3.63, 3.8) is 0 Å². The number of ether oxygens (including phenoxy) is 2. The van der Waals surface area contributed by atoms with Gasteiger partial charge in [0.25, 0.3) is 0 Å². The van der Waals surface area contributed by atoms with E-state index in [-0.39, 0.29) is 6.61 Å². The SMILES string of the molecule is Cc1ccn(CCCOc2ccc(CN3CCCC(O)(COc4cc(C)c(Cl)c(C)c4)C3)cc2)n1. The number of piperidine rings is 1. The van der Waals surface area contributed by atoms with Crippen LogP contribution in [0.15, 0.2) is 48.7 Å². The monoisotopic (exact) mass is 497 g/mol. The number of hydrogen-bond donors (Lipinski definition) is 1. The highest BCUT2D eigenvalue weighted by molar-refractivity contribution is 6.32. The molecule has 2 aromatic carbocycles. The van der Waals surface area contributed by atoms with Crippen LogP contribution in [0.5, 0.6) is 11.5 Å². The summed E-state index contributed by atoms with van der Waals surface area (Å²) in [5, 5.41) is 16.4. The van der Waals surface area contributed by atoms with Crippen molar-refractivity contribution in [2.75, 3.05) is 26.3 Å². The van der Waals surface area contributed by atoms with E-state index in [1.807, 2.05) is 62.0 Å². The Morgan fingerprint density at radius 2 is 1.77 bits per heavy atom. The number of rotatable bonds is 10. The first-order chi connectivity index (χ1) is 16.8. The molecule has 0 spiro atoms. The Bertz CT molecular complexity index is 1090. The summed E-state index contributed by atoms with van der Waals surface area (Å²) in [4.78, 5) is 2.30. The van der Waals surface area contributed by atoms with Gasteiger partial charge in [0.1, 0.15) is 23.7 Å². The quantitative estimate of drug-likeness (QED) is 0.383. The van der Waals surface area contributed by atoms with E-state index < -0.39 is 5.60 Å². The molecule has 1 aliphatic rings. The molecule has 1 aliphatic heterocycles. The van der Waals surface area contributed by atoms with Gasteiger partial charge in [0.2, 0.25) is 0 Å². The number of aliphatic hydroxyl groups is 1. The van der Waals surface area contributed by atoms with Crippen LogP contribution in [0.25, 0.3) is 0 Å². The van der Waals surface area contributed by atoms with Crippen LogP contribution in [0, 0.1) is 20.8 Å². The zero-order valence-electron chi connectivity index (χ0n) is 21.0. The van der Waals surface area contributed by atoms with Gasteiger partial charge >= 0.3 is 0 Å². The number of β-amino-alcohol motifs (C(OH)–C–C–N with tert-alkyl or cyclic N) is 1. The number of hydrogen-bond acceptors (Lipinski definition) is 5. The molecule has 4 rings (SSSR count). The smallest absolute Gasteiger partial charge is 0.120 e. The van der Waals surface area contributed by atoms with Gasteiger partial charge in [-0.15, -0.1) is 0 Å². The third-order valence-electron chi connectivity index (χ3n) is 6.46. The van der Waals surface area contributed by atoms with Crippen molar-refractivity contribution in [3.8, 4) is 11.5 Å². The van der Waals surface area contributed by atoms with Crippen LogP contribution in [-0.2, 0) is 13.1 Å². The molecule has 1 fully saturated rings. The second kappa shape index (κ2) is 11.5. The largest absolute Gasteiger partial charge is 0.494 e. The molecule has 0 aliphatic carbocycles. The molecule has 7 heteroatoms. The van der Waals surface area contributed by atoms with Crippen molar-refractivity contribution < 1.29 is 14.6 Å². The predicted molar refractivity (Wildman–Crippen MR) is 139 cm³/mol. The highest BCUT2D eigenvalue weighted by Gasteiger charge is 2.34. The first-order valence-corrected chi connectivity index (χ1v) is 12.7. The summed E-state index contributed by atoms with van der Waals surface area (Å²) in [6.45, 7) is 10.1. The van der Waals surface area contributed by atoms with E-state index in [0.29, 0.717) is 13.2 Å². The van der Waals surface area contributed by atoms with E-state index in [0.717, 1.165) is 72.2 Å². The van der Waals surface area contributed by atoms with Gasteiger partial charge in [-0.3, -0.25) is 9.58 Å². The van der Waals surface area contributed by atoms with Gasteiger partial charge in [-0.25, -0.2) is 0 Å². The number of halogens is 1. The number of likely N-dealkylation sites (tertiary alicyclic amines) is 1. The van der Waals surface area contributed by atoms with Gasteiger partial charge in [0, 0.05) is 37.3 Å². The van der Waals surface area contributed by atoms with E-state index in [9.17, 15) is 5.11 Å². The molecule has 188 valence electrons. The summed E-state index contributed by atoms with van der Waals surface area (Å²) in [7, 11) is 0. The lowest BCUT2D eigenvalue weighted by Crippen LogP contribution is -2.51. The van der Waals surface area contributed by atoms with Gasteiger partial charge in [-0.2, -0.15) is 5.10 Å². The highest BCUT2D eigenvalue weighted by atomic mass is 35.5. The molecule has 1 unspecified atom stereocenters. The van der Waals surface area contributed by atoms with Crippen LogP contribution in [-0.4, -0.2) is 51.7 Å². The first kappa shape index (κ1) is 25.5. The fourth-order valence-electron chi connectivity index (χ4n) is 4.62. The zero-order chi connectivity index (χ0) is 24.8. The standard InChI is InChI=1S/C28H36ClN3O3/c1-21-16-26(17-22(2)27(21)29)35-20-28(33)11-4-12-31(19-28)18-24-6-8-25(9-7-24)34-15-5-13-32-14-10-23(3)30-32/h6-10,14,16-17,33H,4-5,11-13,15,18-20H2,1-3H3. The van der Waals surface area contributed by atoms with Crippen LogP contribution >= 0.6 is 11.6 Å². The van der Waals surface area contributed by atoms with Gasteiger partial charge < -0.3 is 14.6 Å². The minimum absolute atomic E-state index is 0.273. The van der Waals surface area contributed by atoms with E-state index in [2.05, 4.69) is 22.1 Å². The molecule has 1 aromatic heterocycles. The molecular formula is C28H36ClN3O3. The fraction of sp³-hybridized carbons (Fsp3) is 0.464. The van der Waals surface area contributed by atoms with E-state index in [4.69, 9.17) is 21.1 Å². The lowest BCUT2D eigenvalue weighted by Gasteiger charge is -2.39. The summed E-state index contributed by atoms with van der Waals surface area (Å²) in [6.07, 6.45) is 4.58. The van der Waals surface area contributed by atoms with E-state index in [1.54, 1.807) is 0 Å². The van der Waals surface area contributed by atoms with Crippen LogP contribution in [0.4, 0.5) is 0 Å². The molecule has 1 N–H and O–H groups in total. The molecule has 0 radical (unpaired) electrons. The summed E-state index contributed by atoms with van der Waals surface area (Å²) in [6, 6.07) is 14.1. The zero-order valence-corrected chi connectivity index (χ0v) is 21.7. The number of nitrogens with zero attached hydrogens (tertiary/aromatic N) is 3. The summed E-state index contributed by atoms with van der Waals surface area (Å²) in [5.41, 5.74) is 3.35. The predicted octanol–water partition coefficient (Wildman–Crippen LogP) is 5.34. The molecule has 35 heavy (non-hydrogen) atoms. The fourth-order valence-corrected chi connectivity index (χ4v) is 4.73. The second-order valence-corrected chi connectivity index (χ2v) is 10.1. The van der Waals surface area contributed by atoms with Crippen LogP contribution in [0.2, 0.25) is 5.02 Å². The van der Waals surface area contributed by atoms with Gasteiger partial charge in [0.05, 0.1) is 12.3 Å². The average molecular weight is 498 g/mol. The number of aromatic nitrogens is 2. The third kappa shape index (κ3) is 7.23. The van der Waals surface area contributed by atoms with E-state index in [1.165, 1.54) is 5.56 Å². The minimum Gasteiger partial charge on any atom is -0.494 e. The van der Waals surface area contributed by atoms with Gasteiger partial charge in [-0.1, -0.05) is 23.7 Å². The van der Waals surface area contributed by atoms with Crippen LogP contribution < -0.4 is 9.47 Å². The molecule has 0 saturated carbocycles. The Morgan fingerprint density at radius 3 is 2.46 bits per heavy atom. The summed E-state index contributed by atoms with van der Waals surface area (Å²) in [5.74, 6) is 1.63. The highest BCUT2D eigenvalue weighted by Crippen LogP contribution is 2.28. The van der Waals surface area contributed by atoms with Gasteiger partial charge in [0.15, 0.2) is 0 Å². The Hall–Kier alpha value is -2.54. The Morgan fingerprint density at radius 1 is 1.03 bits per heavy atom. The molecule has 2 heterocycles. The molecule has 0 amide bonds. The molecule has 0 bridgehead atoms. The molecule has 6 nitrogen and oxygen atoms in total. The van der Waals surface area contributed by atoms with Crippen molar-refractivity contribution in [2.24, 2.45) is 0 Å². The molecule has 3 aromatic rings. The topological polar surface area (TPSA) is 59.8 Å². The molecule has 1 atom stereocenters. The maximum absolute atomic E-state index is 11.2. The molecule has 1 saturated heterocycles. The maximum Gasteiger partial charge on any atom is 0.120 e. The second-order valence-electron chi connectivity index (χ2n) is 9.76. The van der Waals surface area contributed by atoms with Crippen molar-refractivity contribution in [2.45, 2.75) is 58.7 Å². The van der Waals surface area contributed by atoms with E-state index >= 15 is 0 Å². The first-order valence-electron chi connectivity index (χ1n) is 12.4. The lowest BCUT2D eigenvalue weighted by molar-refractivity contribution is -0.0621. The minimum atomic E-state index is -0.865. The lowest BCUT2D eigenvalue weighted by atomic mass is 9.93. The van der Waals surface area contributed by atoms with Crippen LogP contribution in [0.1, 0.15) is 41.6 Å². The number of benzene rings is 2. The Kier molecular flexibility index (Phi) is 8.37. The summed E-state index contributed by atoms with van der Waals surface area (Å²) < 4.78 is 13.8. The Balaban J connectivity index is 1.23. The number of aryl methyl sites for hydroxylation is 4. The Labute approximate surface area is 213 Å². The van der Waals surface area contributed by atoms with Gasteiger partial charge in [-0.05, 0) is 87.2 Å². The van der Waals surface area contributed by atoms with Crippen LogP contribution in [0.3, 0.4) is 0 Å². The normalized spacial score (nSPS) is 18.5. The average Bonchev–Trinajstić information content (AvgIpc) is 3.25. The third-order valence-corrected chi connectivity index (χ3v) is 7.05. The van der Waals surface area contributed by atoms with Crippen molar-refractivity contribution >= 4 is 11.6 Å². The summed E-state index contributed by atoms with van der Waals surface area (Å²) >= 11 is 6.26. The van der Waals surface area contributed by atoms with Crippen molar-refractivity contribution in [1.29, 1.82) is 0 Å². The van der Waals surface area contributed by atoms with Crippen molar-refractivity contribution in [1.82, 2.24) is 14.7 Å². The van der Waals surface area contributed by atoms with Crippen molar-refractivity contribution in [3.05, 3.63) is 76.1 Å². The molecular weight excluding hydrogens is 462 g/mol.